The van der Waals surface area contributed by atoms with Crippen LogP contribution in [-0.2, 0) is 11.2 Å². The van der Waals surface area contributed by atoms with Crippen LogP contribution in [0.4, 0.5) is 0 Å². The standard InChI is InChI=1S/C18H31N3O2.HI/c1-3-19-17(20-12-8-16-7-6-13-23-16)21-15-18(11-14-22-2)9-4-5-10-18;/h6-7,13H,3-5,8-12,14-15H2,1-2H3,(H2,19,20,21);1H. The highest BCUT2D eigenvalue weighted by atomic mass is 127. The Morgan fingerprint density at radius 3 is 2.75 bits per heavy atom. The van der Waals surface area contributed by atoms with Crippen LogP contribution in [0.2, 0.25) is 0 Å². The van der Waals surface area contributed by atoms with Crippen LogP contribution in [-0.4, -0.2) is 39.3 Å². The van der Waals surface area contributed by atoms with Gasteiger partial charge in [-0.25, -0.2) is 0 Å². The number of ether oxygens (including phenoxy) is 1. The van der Waals surface area contributed by atoms with Crippen molar-refractivity contribution < 1.29 is 9.15 Å². The fourth-order valence-electron chi connectivity index (χ4n) is 3.28. The number of halogens is 1. The molecular weight excluding hydrogens is 417 g/mol. The van der Waals surface area contributed by atoms with Gasteiger partial charge in [0.25, 0.3) is 0 Å². The summed E-state index contributed by atoms with van der Waals surface area (Å²) >= 11 is 0. The number of nitrogens with one attached hydrogen (secondary N) is 2. The van der Waals surface area contributed by atoms with Crippen molar-refractivity contribution in [2.75, 3.05) is 33.4 Å². The van der Waals surface area contributed by atoms with E-state index in [1.54, 1.807) is 13.4 Å². The molecule has 0 atom stereocenters. The number of methoxy groups -OCH3 is 1. The fourth-order valence-corrected chi connectivity index (χ4v) is 3.28. The number of nitrogens with zero attached hydrogens (tertiary/aromatic N) is 1. The van der Waals surface area contributed by atoms with Crippen LogP contribution < -0.4 is 10.6 Å². The quantitative estimate of drug-likeness (QED) is 0.344. The summed E-state index contributed by atoms with van der Waals surface area (Å²) in [6.07, 6.45) is 8.88. The minimum absolute atomic E-state index is 0. The molecule has 24 heavy (non-hydrogen) atoms. The molecule has 2 N–H and O–H groups in total. The van der Waals surface area contributed by atoms with E-state index in [0.29, 0.717) is 5.41 Å². The lowest BCUT2D eigenvalue weighted by atomic mass is 9.83. The van der Waals surface area contributed by atoms with Gasteiger partial charge in [-0.1, -0.05) is 12.8 Å². The van der Waals surface area contributed by atoms with Crippen LogP contribution in [0.5, 0.6) is 0 Å². The predicted molar refractivity (Wildman–Crippen MR) is 109 cm³/mol. The van der Waals surface area contributed by atoms with Gasteiger partial charge in [0.15, 0.2) is 5.96 Å². The van der Waals surface area contributed by atoms with Gasteiger partial charge in [-0.05, 0) is 43.7 Å². The summed E-state index contributed by atoms with van der Waals surface area (Å²) in [5.41, 5.74) is 0.333. The third-order valence-corrected chi connectivity index (χ3v) is 4.66. The van der Waals surface area contributed by atoms with E-state index in [2.05, 4.69) is 17.6 Å². The molecule has 1 aromatic rings. The summed E-state index contributed by atoms with van der Waals surface area (Å²) < 4.78 is 10.7. The highest BCUT2D eigenvalue weighted by molar-refractivity contribution is 14.0. The number of aliphatic imine (C=N–C) groups is 1. The summed E-state index contributed by atoms with van der Waals surface area (Å²) in [6, 6.07) is 3.93. The molecule has 138 valence electrons. The number of guanidine groups is 1. The molecule has 0 bridgehead atoms. The van der Waals surface area contributed by atoms with Gasteiger partial charge >= 0.3 is 0 Å². The zero-order chi connectivity index (χ0) is 16.4. The monoisotopic (exact) mass is 449 g/mol. The molecule has 0 unspecified atom stereocenters. The van der Waals surface area contributed by atoms with Crippen LogP contribution in [0.15, 0.2) is 27.8 Å². The molecule has 5 nitrogen and oxygen atoms in total. The van der Waals surface area contributed by atoms with Crippen LogP contribution in [0.1, 0.15) is 44.8 Å². The number of furan rings is 1. The maximum absolute atomic E-state index is 5.36. The highest BCUT2D eigenvalue weighted by Gasteiger charge is 2.33. The fraction of sp³-hybridized carbons (Fsp3) is 0.722. The van der Waals surface area contributed by atoms with Crippen molar-refractivity contribution in [1.82, 2.24) is 10.6 Å². The Balaban J connectivity index is 0.00000288. The molecule has 1 fully saturated rings. The molecule has 1 aliphatic rings. The maximum Gasteiger partial charge on any atom is 0.191 e. The Morgan fingerprint density at radius 1 is 1.33 bits per heavy atom. The second-order valence-electron chi connectivity index (χ2n) is 6.40. The third kappa shape index (κ3) is 7.01. The normalized spacial score (nSPS) is 16.7. The van der Waals surface area contributed by atoms with Gasteiger partial charge in [-0.2, -0.15) is 0 Å². The van der Waals surface area contributed by atoms with Gasteiger partial charge in [-0.3, -0.25) is 4.99 Å². The lowest BCUT2D eigenvalue weighted by Crippen LogP contribution is -2.39. The Bertz CT molecular complexity index is 457. The SMILES string of the molecule is CCNC(=NCC1(CCOC)CCCC1)NCCc1ccco1.I. The van der Waals surface area contributed by atoms with E-state index in [9.17, 15) is 0 Å². The van der Waals surface area contributed by atoms with E-state index in [4.69, 9.17) is 14.1 Å². The van der Waals surface area contributed by atoms with Crippen molar-refractivity contribution >= 4 is 29.9 Å². The van der Waals surface area contributed by atoms with E-state index < -0.39 is 0 Å². The summed E-state index contributed by atoms with van der Waals surface area (Å²) in [4.78, 5) is 4.85. The molecule has 0 aliphatic heterocycles. The Kier molecular flexibility index (Phi) is 10.4. The van der Waals surface area contributed by atoms with Gasteiger partial charge in [0, 0.05) is 39.8 Å². The van der Waals surface area contributed by atoms with Crippen LogP contribution in [0.3, 0.4) is 0 Å². The van der Waals surface area contributed by atoms with Crippen LogP contribution >= 0.6 is 24.0 Å². The smallest absolute Gasteiger partial charge is 0.191 e. The molecule has 1 heterocycles. The minimum Gasteiger partial charge on any atom is -0.469 e. The summed E-state index contributed by atoms with van der Waals surface area (Å²) in [5, 5.41) is 6.74. The van der Waals surface area contributed by atoms with E-state index in [1.165, 1.54) is 25.7 Å². The highest BCUT2D eigenvalue weighted by Crippen LogP contribution is 2.41. The third-order valence-electron chi connectivity index (χ3n) is 4.66. The van der Waals surface area contributed by atoms with Crippen molar-refractivity contribution in [3.63, 3.8) is 0 Å². The zero-order valence-electron chi connectivity index (χ0n) is 15.0. The van der Waals surface area contributed by atoms with E-state index in [0.717, 1.165) is 50.8 Å². The zero-order valence-corrected chi connectivity index (χ0v) is 17.3. The first-order valence-corrected chi connectivity index (χ1v) is 8.81. The number of hydrogen-bond acceptors (Lipinski definition) is 3. The van der Waals surface area contributed by atoms with Gasteiger partial charge < -0.3 is 19.8 Å². The first kappa shape index (κ1) is 21.3. The molecule has 0 saturated heterocycles. The molecule has 1 saturated carbocycles. The van der Waals surface area contributed by atoms with Gasteiger partial charge in [0.2, 0.25) is 0 Å². The molecule has 1 aliphatic carbocycles. The average molecular weight is 449 g/mol. The van der Waals surface area contributed by atoms with Crippen molar-refractivity contribution in [3.8, 4) is 0 Å². The molecule has 0 aromatic carbocycles. The first-order chi connectivity index (χ1) is 11.3. The van der Waals surface area contributed by atoms with Crippen molar-refractivity contribution in [2.45, 2.75) is 45.4 Å². The number of rotatable bonds is 9. The Hall–Kier alpha value is -0.760. The van der Waals surface area contributed by atoms with Gasteiger partial charge in [0.1, 0.15) is 5.76 Å². The molecule has 0 amide bonds. The predicted octanol–water partition coefficient (Wildman–Crippen LogP) is 3.59. The molecule has 1 aromatic heterocycles. The number of hydrogen-bond donors (Lipinski definition) is 2. The van der Waals surface area contributed by atoms with Crippen molar-refractivity contribution in [3.05, 3.63) is 24.2 Å². The largest absolute Gasteiger partial charge is 0.469 e. The molecule has 0 spiro atoms. The Morgan fingerprint density at radius 2 is 2.12 bits per heavy atom. The van der Waals surface area contributed by atoms with E-state index in [1.807, 2.05) is 12.1 Å². The molecular formula is C18H32IN3O2. The Labute approximate surface area is 163 Å². The first-order valence-electron chi connectivity index (χ1n) is 8.81. The van der Waals surface area contributed by atoms with Gasteiger partial charge in [0.05, 0.1) is 6.26 Å². The topological polar surface area (TPSA) is 58.8 Å². The summed E-state index contributed by atoms with van der Waals surface area (Å²) in [6.45, 7) is 5.51. The van der Waals surface area contributed by atoms with Crippen molar-refractivity contribution in [1.29, 1.82) is 0 Å². The van der Waals surface area contributed by atoms with Gasteiger partial charge in [-0.15, -0.1) is 24.0 Å². The second kappa shape index (κ2) is 11.7. The van der Waals surface area contributed by atoms with Crippen LogP contribution in [0, 0.1) is 5.41 Å². The van der Waals surface area contributed by atoms with Crippen LogP contribution in [0.25, 0.3) is 0 Å². The second-order valence-corrected chi connectivity index (χ2v) is 6.40. The molecule has 2 rings (SSSR count). The summed E-state index contributed by atoms with van der Waals surface area (Å²) in [7, 11) is 1.78. The van der Waals surface area contributed by atoms with E-state index in [-0.39, 0.29) is 24.0 Å². The average Bonchev–Trinajstić information content (AvgIpc) is 3.23. The maximum atomic E-state index is 5.36. The molecule has 0 radical (unpaired) electrons. The lowest BCUT2D eigenvalue weighted by Gasteiger charge is -2.27. The lowest BCUT2D eigenvalue weighted by molar-refractivity contribution is 0.141. The summed E-state index contributed by atoms with van der Waals surface area (Å²) in [5.74, 6) is 1.91. The van der Waals surface area contributed by atoms with E-state index >= 15 is 0 Å². The minimum atomic E-state index is 0. The van der Waals surface area contributed by atoms with Crippen molar-refractivity contribution in [2.24, 2.45) is 10.4 Å². The molecule has 6 heteroatoms.